The van der Waals surface area contributed by atoms with Crippen molar-refractivity contribution in [1.82, 2.24) is 0 Å². The summed E-state index contributed by atoms with van der Waals surface area (Å²) in [6.45, 7) is 1.43. The number of nitrogens with one attached hydrogen (secondary N) is 1. The van der Waals surface area contributed by atoms with Gasteiger partial charge in [-0.1, -0.05) is 18.2 Å². The van der Waals surface area contributed by atoms with E-state index in [0.717, 1.165) is 10.0 Å². The molecule has 1 amide bonds. The standard InChI is InChI=1S/C20H17BrN2O4/c1-13-3-8-18(17(21)9-13)23-19(24)12-27-20(25)15(11-22)10-14-4-6-16(26-2)7-5-14/h3-10H,12H2,1-2H3,(H,23,24)/b15-10+. The molecular weight excluding hydrogens is 412 g/mol. The molecule has 2 aromatic rings. The van der Waals surface area contributed by atoms with E-state index in [2.05, 4.69) is 21.2 Å². The van der Waals surface area contributed by atoms with Crippen molar-refractivity contribution < 1.29 is 19.1 Å². The first kappa shape index (κ1) is 20.2. The maximum atomic E-state index is 12.0. The van der Waals surface area contributed by atoms with Gasteiger partial charge >= 0.3 is 5.97 Å². The van der Waals surface area contributed by atoms with Gasteiger partial charge in [0.05, 0.1) is 12.8 Å². The van der Waals surface area contributed by atoms with E-state index in [0.29, 0.717) is 17.0 Å². The van der Waals surface area contributed by atoms with Crippen LogP contribution in [0.3, 0.4) is 0 Å². The van der Waals surface area contributed by atoms with Gasteiger partial charge in [0.15, 0.2) is 6.61 Å². The topological polar surface area (TPSA) is 88.4 Å². The highest BCUT2D eigenvalue weighted by Crippen LogP contribution is 2.23. The fourth-order valence-electron chi connectivity index (χ4n) is 2.12. The molecule has 0 spiro atoms. The highest BCUT2D eigenvalue weighted by Gasteiger charge is 2.14. The average Bonchev–Trinajstić information content (AvgIpc) is 2.67. The van der Waals surface area contributed by atoms with E-state index in [1.165, 1.54) is 6.08 Å². The van der Waals surface area contributed by atoms with Crippen molar-refractivity contribution in [3.63, 3.8) is 0 Å². The highest BCUT2D eigenvalue weighted by atomic mass is 79.9. The summed E-state index contributed by atoms with van der Waals surface area (Å²) in [7, 11) is 1.54. The van der Waals surface area contributed by atoms with Gasteiger partial charge in [-0.25, -0.2) is 4.79 Å². The van der Waals surface area contributed by atoms with Crippen LogP contribution in [0.5, 0.6) is 5.75 Å². The highest BCUT2D eigenvalue weighted by molar-refractivity contribution is 9.10. The zero-order chi connectivity index (χ0) is 19.8. The number of anilines is 1. The zero-order valence-corrected chi connectivity index (χ0v) is 16.4. The molecule has 0 bridgehead atoms. The molecule has 0 radical (unpaired) electrons. The number of esters is 1. The summed E-state index contributed by atoms with van der Waals surface area (Å²) in [5.74, 6) is -0.715. The maximum absolute atomic E-state index is 12.0. The van der Waals surface area contributed by atoms with Crippen molar-refractivity contribution >= 4 is 39.6 Å². The normalized spacial score (nSPS) is 10.7. The first-order chi connectivity index (χ1) is 12.9. The van der Waals surface area contributed by atoms with Crippen LogP contribution in [0.2, 0.25) is 0 Å². The molecule has 7 heteroatoms. The van der Waals surface area contributed by atoms with Crippen LogP contribution in [0.15, 0.2) is 52.5 Å². The molecule has 1 N–H and O–H groups in total. The summed E-state index contributed by atoms with van der Waals surface area (Å²) >= 11 is 3.35. The number of halogens is 1. The number of nitrogens with zero attached hydrogens (tertiary/aromatic N) is 1. The lowest BCUT2D eigenvalue weighted by Crippen LogP contribution is -2.21. The first-order valence-electron chi connectivity index (χ1n) is 7.92. The van der Waals surface area contributed by atoms with E-state index in [4.69, 9.17) is 9.47 Å². The number of hydrogen-bond donors (Lipinski definition) is 1. The van der Waals surface area contributed by atoms with Crippen LogP contribution in [0.25, 0.3) is 6.08 Å². The molecule has 0 aliphatic carbocycles. The van der Waals surface area contributed by atoms with Gasteiger partial charge in [-0.2, -0.15) is 5.26 Å². The number of aryl methyl sites for hydroxylation is 1. The Hall–Kier alpha value is -3.11. The lowest BCUT2D eigenvalue weighted by molar-refractivity contribution is -0.142. The van der Waals surface area contributed by atoms with Crippen LogP contribution in [0.1, 0.15) is 11.1 Å². The molecule has 0 saturated carbocycles. The van der Waals surface area contributed by atoms with E-state index in [1.54, 1.807) is 43.5 Å². The van der Waals surface area contributed by atoms with Crippen LogP contribution in [0, 0.1) is 18.3 Å². The van der Waals surface area contributed by atoms with Crippen LogP contribution in [-0.4, -0.2) is 25.6 Å². The minimum absolute atomic E-state index is 0.204. The van der Waals surface area contributed by atoms with E-state index in [9.17, 15) is 14.9 Å². The number of carbonyl (C=O) groups excluding carboxylic acids is 2. The van der Waals surface area contributed by atoms with Gasteiger partial charge in [0.2, 0.25) is 0 Å². The number of hydrogen-bond acceptors (Lipinski definition) is 5. The molecule has 27 heavy (non-hydrogen) atoms. The molecule has 138 valence electrons. The van der Waals surface area contributed by atoms with E-state index in [1.807, 2.05) is 19.1 Å². The van der Waals surface area contributed by atoms with Crippen molar-refractivity contribution in [1.29, 1.82) is 5.26 Å². The van der Waals surface area contributed by atoms with Crippen LogP contribution < -0.4 is 10.1 Å². The van der Waals surface area contributed by atoms with Gasteiger partial charge < -0.3 is 14.8 Å². The third-order valence-corrected chi connectivity index (χ3v) is 4.16. The summed E-state index contributed by atoms with van der Waals surface area (Å²) in [5.41, 5.74) is 2.03. The first-order valence-corrected chi connectivity index (χ1v) is 8.71. The number of amides is 1. The lowest BCUT2D eigenvalue weighted by atomic mass is 10.1. The third kappa shape index (κ3) is 5.97. The van der Waals surface area contributed by atoms with Crippen molar-refractivity contribution in [2.45, 2.75) is 6.92 Å². The third-order valence-electron chi connectivity index (χ3n) is 3.50. The van der Waals surface area contributed by atoms with Gasteiger partial charge in [-0.3, -0.25) is 4.79 Å². The quantitative estimate of drug-likeness (QED) is 0.428. The fourth-order valence-corrected chi connectivity index (χ4v) is 2.71. The van der Waals surface area contributed by atoms with E-state index >= 15 is 0 Å². The van der Waals surface area contributed by atoms with Gasteiger partial charge in [0.1, 0.15) is 17.4 Å². The minimum Gasteiger partial charge on any atom is -0.497 e. The Morgan fingerprint density at radius 2 is 1.93 bits per heavy atom. The second-order valence-electron chi connectivity index (χ2n) is 5.55. The van der Waals surface area contributed by atoms with Crippen molar-refractivity contribution in [2.24, 2.45) is 0 Å². The molecule has 0 saturated heterocycles. The summed E-state index contributed by atoms with van der Waals surface area (Å²) in [4.78, 5) is 24.0. The number of benzene rings is 2. The Kier molecular flexibility index (Phi) is 7.15. The minimum atomic E-state index is -0.869. The molecule has 0 heterocycles. The molecule has 0 aliphatic rings. The number of ether oxygens (including phenoxy) is 2. The van der Waals surface area contributed by atoms with Crippen molar-refractivity contribution in [3.05, 3.63) is 63.6 Å². The average molecular weight is 429 g/mol. The van der Waals surface area contributed by atoms with Crippen LogP contribution in [-0.2, 0) is 14.3 Å². The monoisotopic (exact) mass is 428 g/mol. The Morgan fingerprint density at radius 3 is 2.52 bits per heavy atom. The number of rotatable bonds is 6. The fraction of sp³-hybridized carbons (Fsp3) is 0.150. The summed E-state index contributed by atoms with van der Waals surface area (Å²) in [5, 5.41) is 11.8. The Balaban J connectivity index is 1.96. The Morgan fingerprint density at radius 1 is 1.22 bits per heavy atom. The molecule has 0 aromatic heterocycles. The van der Waals surface area contributed by atoms with Crippen molar-refractivity contribution in [3.8, 4) is 11.8 Å². The lowest BCUT2D eigenvalue weighted by Gasteiger charge is -2.08. The molecule has 0 fully saturated rings. The molecule has 2 aromatic carbocycles. The summed E-state index contributed by atoms with van der Waals surface area (Å²) in [6.07, 6.45) is 1.39. The van der Waals surface area contributed by atoms with Gasteiger partial charge in [0, 0.05) is 4.47 Å². The second-order valence-corrected chi connectivity index (χ2v) is 6.40. The van der Waals surface area contributed by atoms with E-state index < -0.39 is 18.5 Å². The summed E-state index contributed by atoms with van der Waals surface area (Å²) < 4.78 is 10.7. The smallest absolute Gasteiger partial charge is 0.349 e. The number of nitriles is 1. The zero-order valence-electron chi connectivity index (χ0n) is 14.8. The number of carbonyl (C=O) groups is 2. The van der Waals surface area contributed by atoms with Crippen molar-refractivity contribution in [2.75, 3.05) is 19.0 Å². The maximum Gasteiger partial charge on any atom is 0.349 e. The second kappa shape index (κ2) is 9.55. The molecular formula is C20H17BrN2O4. The van der Waals surface area contributed by atoms with Gasteiger partial charge in [0.25, 0.3) is 5.91 Å². The Bertz CT molecular complexity index is 915. The van der Waals surface area contributed by atoms with Crippen LogP contribution in [0.4, 0.5) is 5.69 Å². The van der Waals surface area contributed by atoms with Gasteiger partial charge in [-0.15, -0.1) is 0 Å². The predicted octanol–water partition coefficient (Wildman–Crippen LogP) is 3.86. The van der Waals surface area contributed by atoms with E-state index in [-0.39, 0.29) is 5.57 Å². The number of methoxy groups -OCH3 is 1. The molecule has 0 atom stereocenters. The molecule has 6 nitrogen and oxygen atoms in total. The molecule has 0 aliphatic heterocycles. The largest absolute Gasteiger partial charge is 0.497 e. The SMILES string of the molecule is COc1ccc(/C=C(\C#N)C(=O)OCC(=O)Nc2ccc(C)cc2Br)cc1. The summed E-state index contributed by atoms with van der Waals surface area (Å²) in [6, 6.07) is 14.0. The van der Waals surface area contributed by atoms with Crippen LogP contribution >= 0.6 is 15.9 Å². The molecule has 0 unspecified atom stereocenters. The van der Waals surface area contributed by atoms with Gasteiger partial charge in [-0.05, 0) is 64.3 Å². The Labute approximate surface area is 165 Å². The predicted molar refractivity (Wildman–Crippen MR) is 105 cm³/mol. The molecule has 2 rings (SSSR count).